The molecule has 28 heavy (non-hydrogen) atoms. The highest BCUT2D eigenvalue weighted by molar-refractivity contribution is 5.96. The number of alkyl halides is 2. The van der Waals surface area contributed by atoms with Gasteiger partial charge < -0.3 is 19.2 Å². The zero-order valence-electron chi connectivity index (χ0n) is 14.2. The molecule has 0 radical (unpaired) electrons. The molecule has 7 nitrogen and oxygen atoms in total. The first-order valence-corrected chi connectivity index (χ1v) is 7.98. The van der Waals surface area contributed by atoms with Gasteiger partial charge in [-0.3, -0.25) is 9.59 Å². The van der Waals surface area contributed by atoms with Gasteiger partial charge in [-0.15, -0.1) is 0 Å². The van der Waals surface area contributed by atoms with E-state index < -0.39 is 30.5 Å². The number of fused-ring (bicyclic) bond motifs is 1. The molecule has 1 N–H and O–H groups in total. The average Bonchev–Trinajstić information content (AvgIpc) is 2.67. The van der Waals surface area contributed by atoms with E-state index in [-0.39, 0.29) is 22.8 Å². The molecule has 1 heterocycles. The number of amides is 1. The van der Waals surface area contributed by atoms with Crippen molar-refractivity contribution < 1.29 is 32.3 Å². The second-order valence-electron chi connectivity index (χ2n) is 5.47. The fourth-order valence-corrected chi connectivity index (χ4v) is 2.36. The SMILES string of the molecule is O=C(COC(=O)c1cc(=O)c2ccccc2o1)Nc1ccccc1OC(F)F. The molecule has 0 aliphatic heterocycles. The van der Waals surface area contributed by atoms with Crippen LogP contribution in [0, 0.1) is 0 Å². The maximum Gasteiger partial charge on any atom is 0.387 e. The van der Waals surface area contributed by atoms with E-state index in [4.69, 9.17) is 9.15 Å². The third kappa shape index (κ3) is 4.50. The van der Waals surface area contributed by atoms with Crippen LogP contribution in [0.15, 0.2) is 63.8 Å². The second-order valence-corrected chi connectivity index (χ2v) is 5.47. The number of hydrogen-bond acceptors (Lipinski definition) is 6. The minimum atomic E-state index is -3.06. The lowest BCUT2D eigenvalue weighted by Crippen LogP contribution is -2.22. The number of nitrogens with one attached hydrogen (secondary N) is 1. The summed E-state index contributed by atoms with van der Waals surface area (Å²) in [5.41, 5.74) is -0.248. The number of anilines is 1. The quantitative estimate of drug-likeness (QED) is 0.651. The van der Waals surface area contributed by atoms with Gasteiger partial charge in [-0.05, 0) is 24.3 Å². The smallest absolute Gasteiger partial charge is 0.387 e. The Morgan fingerprint density at radius 3 is 2.57 bits per heavy atom. The van der Waals surface area contributed by atoms with Gasteiger partial charge in [0.15, 0.2) is 12.0 Å². The monoisotopic (exact) mass is 389 g/mol. The van der Waals surface area contributed by atoms with Crippen LogP contribution in [0.2, 0.25) is 0 Å². The predicted octanol–water partition coefficient (Wildman–Crippen LogP) is 3.19. The number of rotatable bonds is 6. The van der Waals surface area contributed by atoms with Crippen molar-refractivity contribution in [3.05, 3.63) is 70.6 Å². The maximum absolute atomic E-state index is 12.4. The molecule has 0 aliphatic carbocycles. The number of halogens is 2. The summed E-state index contributed by atoms with van der Waals surface area (Å²) in [6.07, 6.45) is 0. The number of ether oxygens (including phenoxy) is 2. The van der Waals surface area contributed by atoms with Crippen molar-refractivity contribution in [1.82, 2.24) is 0 Å². The molecule has 0 bridgehead atoms. The van der Waals surface area contributed by atoms with Gasteiger partial charge in [-0.1, -0.05) is 24.3 Å². The number of carbonyl (C=O) groups is 2. The third-order valence-electron chi connectivity index (χ3n) is 3.55. The first kappa shape index (κ1) is 19.0. The van der Waals surface area contributed by atoms with E-state index in [1.165, 1.54) is 30.3 Å². The average molecular weight is 389 g/mol. The zero-order valence-corrected chi connectivity index (χ0v) is 14.2. The van der Waals surface area contributed by atoms with Crippen molar-refractivity contribution in [2.24, 2.45) is 0 Å². The molecular weight excluding hydrogens is 376 g/mol. The summed E-state index contributed by atoms with van der Waals surface area (Å²) in [6.45, 7) is -3.79. The molecule has 3 aromatic rings. The van der Waals surface area contributed by atoms with Gasteiger partial charge in [0.1, 0.15) is 11.3 Å². The van der Waals surface area contributed by atoms with Crippen LogP contribution >= 0.6 is 0 Å². The minimum Gasteiger partial charge on any atom is -0.450 e. The van der Waals surface area contributed by atoms with Crippen molar-refractivity contribution in [3.63, 3.8) is 0 Å². The van der Waals surface area contributed by atoms with Gasteiger partial charge in [0.05, 0.1) is 11.1 Å². The number of para-hydroxylation sites is 3. The molecule has 0 unspecified atom stereocenters. The van der Waals surface area contributed by atoms with Crippen molar-refractivity contribution in [2.45, 2.75) is 6.61 Å². The predicted molar refractivity (Wildman–Crippen MR) is 94.5 cm³/mol. The Morgan fingerprint density at radius 2 is 1.79 bits per heavy atom. The molecule has 9 heteroatoms. The molecule has 0 spiro atoms. The van der Waals surface area contributed by atoms with E-state index >= 15 is 0 Å². The van der Waals surface area contributed by atoms with Crippen molar-refractivity contribution in [1.29, 1.82) is 0 Å². The molecule has 0 saturated heterocycles. The number of hydrogen-bond donors (Lipinski definition) is 1. The summed E-state index contributed by atoms with van der Waals surface area (Å²) in [4.78, 5) is 36.0. The summed E-state index contributed by atoms with van der Waals surface area (Å²) in [7, 11) is 0. The van der Waals surface area contributed by atoms with Gasteiger partial charge in [0.2, 0.25) is 5.76 Å². The van der Waals surface area contributed by atoms with Gasteiger partial charge in [0.25, 0.3) is 5.91 Å². The van der Waals surface area contributed by atoms with Crippen molar-refractivity contribution >= 4 is 28.5 Å². The first-order chi connectivity index (χ1) is 13.4. The van der Waals surface area contributed by atoms with Crippen molar-refractivity contribution in [2.75, 3.05) is 11.9 Å². The third-order valence-corrected chi connectivity index (χ3v) is 3.55. The van der Waals surface area contributed by atoms with Gasteiger partial charge in [-0.2, -0.15) is 8.78 Å². The molecule has 3 rings (SSSR count). The van der Waals surface area contributed by atoms with Gasteiger partial charge >= 0.3 is 12.6 Å². The summed E-state index contributed by atoms with van der Waals surface area (Å²) in [6, 6.07) is 12.9. The van der Waals surface area contributed by atoms with E-state index in [0.29, 0.717) is 5.39 Å². The van der Waals surface area contributed by atoms with Crippen LogP contribution in [0.4, 0.5) is 14.5 Å². The lowest BCUT2D eigenvalue weighted by atomic mass is 10.2. The van der Waals surface area contributed by atoms with Crippen LogP contribution in [0.3, 0.4) is 0 Å². The van der Waals surface area contributed by atoms with Crippen LogP contribution in [0.1, 0.15) is 10.6 Å². The van der Waals surface area contributed by atoms with E-state index in [1.54, 1.807) is 18.2 Å². The van der Waals surface area contributed by atoms with Crippen LogP contribution in [0.25, 0.3) is 11.0 Å². The fourth-order valence-electron chi connectivity index (χ4n) is 2.36. The molecule has 0 fully saturated rings. The summed E-state index contributed by atoms with van der Waals surface area (Å²) >= 11 is 0. The molecule has 0 aliphatic rings. The Hall–Kier alpha value is -3.75. The van der Waals surface area contributed by atoms with Crippen LogP contribution in [0.5, 0.6) is 5.75 Å². The minimum absolute atomic E-state index is 0.0129. The molecule has 2 aromatic carbocycles. The normalized spacial score (nSPS) is 10.7. The Balaban J connectivity index is 1.65. The summed E-state index contributed by atoms with van der Waals surface area (Å²) in [5, 5.41) is 2.60. The van der Waals surface area contributed by atoms with E-state index in [9.17, 15) is 23.2 Å². The highest BCUT2D eigenvalue weighted by atomic mass is 19.3. The Morgan fingerprint density at radius 1 is 1.07 bits per heavy atom. The summed E-state index contributed by atoms with van der Waals surface area (Å²) < 4.78 is 39.2. The van der Waals surface area contributed by atoms with Crippen LogP contribution < -0.4 is 15.5 Å². The molecule has 0 atom stereocenters. The standard InChI is InChI=1S/C19H13F2NO6/c20-19(21)28-15-8-4-2-6-12(15)22-17(24)10-26-18(25)16-9-13(23)11-5-1-3-7-14(11)27-16/h1-9,19H,10H2,(H,22,24). The van der Waals surface area contributed by atoms with Crippen LogP contribution in [-0.4, -0.2) is 25.1 Å². The highest BCUT2D eigenvalue weighted by Gasteiger charge is 2.17. The molecule has 0 saturated carbocycles. The van der Waals surface area contributed by atoms with Gasteiger partial charge in [0, 0.05) is 6.07 Å². The highest BCUT2D eigenvalue weighted by Crippen LogP contribution is 2.25. The number of benzene rings is 2. The number of esters is 1. The Kier molecular flexibility index (Phi) is 5.64. The lowest BCUT2D eigenvalue weighted by Gasteiger charge is -2.11. The summed E-state index contributed by atoms with van der Waals surface area (Å²) in [5.74, 6) is -2.41. The lowest BCUT2D eigenvalue weighted by molar-refractivity contribution is -0.119. The first-order valence-electron chi connectivity index (χ1n) is 7.98. The van der Waals surface area contributed by atoms with E-state index in [0.717, 1.165) is 6.07 Å². The Bertz CT molecular complexity index is 1080. The second kappa shape index (κ2) is 8.30. The van der Waals surface area contributed by atoms with E-state index in [1.807, 2.05) is 0 Å². The maximum atomic E-state index is 12.4. The zero-order chi connectivity index (χ0) is 20.1. The Labute approximate surface area is 156 Å². The topological polar surface area (TPSA) is 94.8 Å². The fraction of sp³-hybridized carbons (Fsp3) is 0.105. The number of carbonyl (C=O) groups excluding carboxylic acids is 2. The molecule has 144 valence electrons. The molecule has 1 amide bonds. The van der Waals surface area contributed by atoms with Crippen molar-refractivity contribution in [3.8, 4) is 5.75 Å². The molecular formula is C19H13F2NO6. The van der Waals surface area contributed by atoms with Crippen LogP contribution in [-0.2, 0) is 9.53 Å². The van der Waals surface area contributed by atoms with E-state index in [2.05, 4.69) is 10.1 Å². The molecule has 1 aromatic heterocycles. The largest absolute Gasteiger partial charge is 0.450 e. The van der Waals surface area contributed by atoms with Gasteiger partial charge in [-0.25, -0.2) is 4.79 Å².